The molecular formula is C19H17NO2. The SMILES string of the molecule is O=C(C1C=CCCN1)C1c2ccccc2Oc2ccccc21. The fourth-order valence-electron chi connectivity index (χ4n) is 3.21. The average Bonchev–Trinajstić information content (AvgIpc) is 2.60. The number of Topliss-reactive ketones (excluding diaryl/α,β-unsaturated/α-hetero) is 1. The van der Waals surface area contributed by atoms with Gasteiger partial charge in [-0.2, -0.15) is 0 Å². The Labute approximate surface area is 129 Å². The minimum Gasteiger partial charge on any atom is -0.457 e. The number of carbonyl (C=O) groups excluding carboxylic acids is 1. The van der Waals surface area contributed by atoms with Gasteiger partial charge < -0.3 is 10.1 Å². The first-order chi connectivity index (χ1) is 10.8. The van der Waals surface area contributed by atoms with E-state index >= 15 is 0 Å². The van der Waals surface area contributed by atoms with Crippen LogP contribution in [-0.4, -0.2) is 18.4 Å². The number of nitrogens with one attached hydrogen (secondary N) is 1. The van der Waals surface area contributed by atoms with Crippen molar-refractivity contribution in [1.82, 2.24) is 5.32 Å². The van der Waals surface area contributed by atoms with Gasteiger partial charge in [-0.05, 0) is 25.1 Å². The highest BCUT2D eigenvalue weighted by Crippen LogP contribution is 2.44. The lowest BCUT2D eigenvalue weighted by molar-refractivity contribution is -0.120. The highest BCUT2D eigenvalue weighted by Gasteiger charge is 2.35. The quantitative estimate of drug-likeness (QED) is 0.862. The summed E-state index contributed by atoms with van der Waals surface area (Å²) >= 11 is 0. The summed E-state index contributed by atoms with van der Waals surface area (Å²) in [7, 11) is 0. The molecule has 0 amide bonds. The molecule has 2 aliphatic rings. The highest BCUT2D eigenvalue weighted by atomic mass is 16.5. The predicted octanol–water partition coefficient (Wildman–Crippen LogP) is 3.41. The molecule has 0 aliphatic carbocycles. The zero-order valence-electron chi connectivity index (χ0n) is 12.2. The fraction of sp³-hybridized carbons (Fsp3) is 0.211. The van der Waals surface area contributed by atoms with Crippen LogP contribution in [0.15, 0.2) is 60.7 Å². The maximum Gasteiger partial charge on any atom is 0.165 e. The van der Waals surface area contributed by atoms with Crippen molar-refractivity contribution in [3.05, 3.63) is 71.8 Å². The van der Waals surface area contributed by atoms with Crippen LogP contribution in [-0.2, 0) is 4.79 Å². The van der Waals surface area contributed by atoms with Crippen LogP contribution in [0.25, 0.3) is 0 Å². The van der Waals surface area contributed by atoms with Crippen molar-refractivity contribution >= 4 is 5.78 Å². The second-order valence-corrected chi connectivity index (χ2v) is 5.66. The molecule has 0 spiro atoms. The van der Waals surface area contributed by atoms with Crippen molar-refractivity contribution in [3.63, 3.8) is 0 Å². The monoisotopic (exact) mass is 291 g/mol. The summed E-state index contributed by atoms with van der Waals surface area (Å²) in [4.78, 5) is 13.1. The molecule has 22 heavy (non-hydrogen) atoms. The van der Waals surface area contributed by atoms with E-state index in [1.165, 1.54) is 0 Å². The Hall–Kier alpha value is -2.39. The maximum atomic E-state index is 13.1. The number of benzene rings is 2. The zero-order chi connectivity index (χ0) is 14.9. The van der Waals surface area contributed by atoms with Gasteiger partial charge in [-0.15, -0.1) is 0 Å². The maximum absolute atomic E-state index is 13.1. The number of ether oxygens (including phenoxy) is 1. The Morgan fingerprint density at radius 1 is 1.00 bits per heavy atom. The van der Waals surface area contributed by atoms with Gasteiger partial charge in [0.05, 0.1) is 12.0 Å². The first kappa shape index (κ1) is 13.3. The third-order valence-corrected chi connectivity index (χ3v) is 4.27. The molecule has 3 heteroatoms. The van der Waals surface area contributed by atoms with Crippen LogP contribution in [0.3, 0.4) is 0 Å². The minimum atomic E-state index is -0.276. The summed E-state index contributed by atoms with van der Waals surface area (Å²) in [5, 5.41) is 3.30. The highest BCUT2D eigenvalue weighted by molar-refractivity contribution is 5.96. The Bertz CT molecular complexity index is 705. The Balaban J connectivity index is 1.82. The summed E-state index contributed by atoms with van der Waals surface area (Å²) < 4.78 is 5.95. The fourth-order valence-corrected chi connectivity index (χ4v) is 3.21. The number of carbonyl (C=O) groups is 1. The standard InChI is InChI=1S/C19H17NO2/c21-19(15-9-5-6-12-20-15)18-13-7-1-3-10-16(13)22-17-11-4-2-8-14(17)18/h1-5,7-11,15,18,20H,6,12H2. The third kappa shape index (κ3) is 2.14. The number of para-hydroxylation sites is 2. The molecule has 0 radical (unpaired) electrons. The topological polar surface area (TPSA) is 38.3 Å². The zero-order valence-corrected chi connectivity index (χ0v) is 12.2. The second kappa shape index (κ2) is 5.43. The van der Waals surface area contributed by atoms with E-state index in [9.17, 15) is 4.79 Å². The van der Waals surface area contributed by atoms with Gasteiger partial charge in [0, 0.05) is 11.1 Å². The minimum absolute atomic E-state index is 0.180. The number of fused-ring (bicyclic) bond motifs is 2. The summed E-state index contributed by atoms with van der Waals surface area (Å²) in [5.74, 6) is 1.46. The van der Waals surface area contributed by atoms with Gasteiger partial charge in [-0.3, -0.25) is 4.79 Å². The van der Waals surface area contributed by atoms with E-state index < -0.39 is 0 Å². The summed E-state index contributed by atoms with van der Waals surface area (Å²) in [6, 6.07) is 15.4. The van der Waals surface area contributed by atoms with Crippen molar-refractivity contribution < 1.29 is 9.53 Å². The van der Waals surface area contributed by atoms with Gasteiger partial charge >= 0.3 is 0 Å². The lowest BCUT2D eigenvalue weighted by Crippen LogP contribution is -2.41. The molecule has 0 aromatic heterocycles. The van der Waals surface area contributed by atoms with E-state index in [-0.39, 0.29) is 17.7 Å². The summed E-state index contributed by atoms with van der Waals surface area (Å²) in [6.07, 6.45) is 5.04. The molecule has 2 aliphatic heterocycles. The molecule has 4 rings (SSSR count). The molecule has 0 bridgehead atoms. The van der Waals surface area contributed by atoms with E-state index in [0.29, 0.717) is 0 Å². The molecule has 2 aromatic rings. The molecular weight excluding hydrogens is 274 g/mol. The van der Waals surface area contributed by atoms with Crippen LogP contribution in [0, 0.1) is 0 Å². The number of hydrogen-bond acceptors (Lipinski definition) is 3. The van der Waals surface area contributed by atoms with Gasteiger partial charge in [0.15, 0.2) is 5.78 Å². The third-order valence-electron chi connectivity index (χ3n) is 4.27. The molecule has 1 atom stereocenters. The van der Waals surface area contributed by atoms with Crippen molar-refractivity contribution in [2.45, 2.75) is 18.4 Å². The first-order valence-electron chi connectivity index (χ1n) is 7.64. The molecule has 0 fully saturated rings. The van der Waals surface area contributed by atoms with Crippen molar-refractivity contribution in [3.8, 4) is 11.5 Å². The molecule has 1 N–H and O–H groups in total. The van der Waals surface area contributed by atoms with Crippen LogP contribution in [0.4, 0.5) is 0 Å². The Kier molecular flexibility index (Phi) is 3.28. The number of hydrogen-bond donors (Lipinski definition) is 1. The molecule has 0 saturated heterocycles. The molecule has 110 valence electrons. The average molecular weight is 291 g/mol. The van der Waals surface area contributed by atoms with Gasteiger partial charge in [0.25, 0.3) is 0 Å². The van der Waals surface area contributed by atoms with Crippen LogP contribution in [0.5, 0.6) is 11.5 Å². The summed E-state index contributed by atoms with van der Waals surface area (Å²) in [5.41, 5.74) is 1.90. The molecule has 0 saturated carbocycles. The Morgan fingerprint density at radius 3 is 2.23 bits per heavy atom. The largest absolute Gasteiger partial charge is 0.457 e. The van der Waals surface area contributed by atoms with E-state index in [1.54, 1.807) is 0 Å². The van der Waals surface area contributed by atoms with Gasteiger partial charge in [-0.1, -0.05) is 48.6 Å². The molecule has 2 heterocycles. The van der Waals surface area contributed by atoms with Gasteiger partial charge in [0.2, 0.25) is 0 Å². The van der Waals surface area contributed by atoms with E-state index in [4.69, 9.17) is 4.74 Å². The summed E-state index contributed by atoms with van der Waals surface area (Å²) in [6.45, 7) is 0.847. The van der Waals surface area contributed by atoms with Crippen LogP contribution >= 0.6 is 0 Å². The van der Waals surface area contributed by atoms with Gasteiger partial charge in [0.1, 0.15) is 11.5 Å². The molecule has 2 aromatic carbocycles. The lowest BCUT2D eigenvalue weighted by Gasteiger charge is -2.30. The first-order valence-corrected chi connectivity index (χ1v) is 7.64. The Morgan fingerprint density at radius 2 is 1.64 bits per heavy atom. The molecule has 1 unspecified atom stereocenters. The van der Waals surface area contributed by atoms with Crippen LogP contribution < -0.4 is 10.1 Å². The smallest absolute Gasteiger partial charge is 0.165 e. The van der Waals surface area contributed by atoms with Gasteiger partial charge in [-0.25, -0.2) is 0 Å². The van der Waals surface area contributed by atoms with E-state index in [2.05, 4.69) is 11.4 Å². The lowest BCUT2D eigenvalue weighted by atomic mass is 9.82. The van der Waals surface area contributed by atoms with Crippen molar-refractivity contribution in [2.75, 3.05) is 6.54 Å². The van der Waals surface area contributed by atoms with Crippen molar-refractivity contribution in [1.29, 1.82) is 0 Å². The predicted molar refractivity (Wildman–Crippen MR) is 85.4 cm³/mol. The van der Waals surface area contributed by atoms with Crippen molar-refractivity contribution in [2.24, 2.45) is 0 Å². The number of rotatable bonds is 2. The van der Waals surface area contributed by atoms with Crippen LogP contribution in [0.2, 0.25) is 0 Å². The normalized spacial score (nSPS) is 19.9. The molecule has 3 nitrogen and oxygen atoms in total. The number of ketones is 1. The van der Waals surface area contributed by atoms with Crippen LogP contribution in [0.1, 0.15) is 23.5 Å². The van der Waals surface area contributed by atoms with E-state index in [0.717, 1.165) is 35.6 Å². The van der Waals surface area contributed by atoms with E-state index in [1.807, 2.05) is 54.6 Å². The second-order valence-electron chi connectivity index (χ2n) is 5.66.